The normalized spacial score (nSPS) is 20.1. The van der Waals surface area contributed by atoms with Gasteiger partial charge in [0.05, 0.1) is 40.9 Å². The highest BCUT2D eigenvalue weighted by molar-refractivity contribution is 7.89. The number of amides is 3. The maximum atomic E-state index is 14.3. The van der Waals surface area contributed by atoms with E-state index in [0.29, 0.717) is 19.4 Å². The topological polar surface area (TPSA) is 138 Å². The first-order valence-corrected chi connectivity index (χ1v) is 18.1. The molecule has 0 saturated carbocycles. The fourth-order valence-corrected chi connectivity index (χ4v) is 6.83. The second kappa shape index (κ2) is 17.4. The summed E-state index contributed by atoms with van der Waals surface area (Å²) in [6, 6.07) is 15.2. The zero-order valence-corrected chi connectivity index (χ0v) is 29.8. The number of nitrogens with zero attached hydrogens (tertiary/aromatic N) is 2. The molecule has 4 rings (SSSR count). The van der Waals surface area contributed by atoms with Gasteiger partial charge in [0, 0.05) is 44.0 Å². The zero-order chi connectivity index (χ0) is 37.3. The first kappa shape index (κ1) is 39.6. The highest BCUT2D eigenvalue weighted by Crippen LogP contribution is 2.31. The summed E-state index contributed by atoms with van der Waals surface area (Å²) < 4.78 is 79.3. The van der Waals surface area contributed by atoms with Gasteiger partial charge in [0.15, 0.2) is 0 Å². The Morgan fingerprint density at radius 1 is 1.02 bits per heavy atom. The third-order valence-electron chi connectivity index (χ3n) is 8.67. The van der Waals surface area contributed by atoms with Gasteiger partial charge in [-0.3, -0.25) is 4.79 Å². The summed E-state index contributed by atoms with van der Waals surface area (Å²) in [6.07, 6.45) is -3.37. The summed E-state index contributed by atoms with van der Waals surface area (Å²) in [4.78, 5) is 28.8. The predicted octanol–water partition coefficient (Wildman–Crippen LogP) is 6.47. The Kier molecular flexibility index (Phi) is 13.5. The second-order valence-electron chi connectivity index (χ2n) is 12.8. The Hall–Kier alpha value is -4.18. The number of nitrogens with one attached hydrogen (secondary N) is 2. The molecule has 1 aliphatic rings. The lowest BCUT2D eigenvalue weighted by atomic mass is 10.0. The highest BCUT2D eigenvalue weighted by Gasteiger charge is 2.33. The molecular formula is C36H45F3N4O7S. The van der Waals surface area contributed by atoms with Crippen molar-refractivity contribution in [2.75, 3.05) is 44.0 Å². The standard InChI is InChI=1S/C36H45F3N4O7S/c1-24-21-43(25(2)23-44)34(45)31-20-29(41-35(46)40-28-15-13-27(14-16-28)36(37,38)39)17-18-32(31)50-26(3)10-8-9-19-49-33(24)22-42(4)51(47,48)30-11-6-5-7-12-30/h5-7,11-18,20,24-26,33,44H,8-10,19,21-23H2,1-4H3,(H2,40,41,46)/t24-,25+,26-,33-/m0/s1. The van der Waals surface area contributed by atoms with Gasteiger partial charge in [0.1, 0.15) is 5.75 Å². The van der Waals surface area contributed by atoms with Gasteiger partial charge in [-0.2, -0.15) is 17.5 Å². The Morgan fingerprint density at radius 2 is 1.67 bits per heavy atom. The molecule has 0 aromatic heterocycles. The predicted molar refractivity (Wildman–Crippen MR) is 187 cm³/mol. The largest absolute Gasteiger partial charge is 0.490 e. The van der Waals surface area contributed by atoms with Crippen molar-refractivity contribution in [3.63, 3.8) is 0 Å². The van der Waals surface area contributed by atoms with E-state index in [4.69, 9.17) is 9.47 Å². The number of rotatable bonds is 8. The number of halogens is 3. The van der Waals surface area contributed by atoms with E-state index in [1.807, 2.05) is 13.8 Å². The molecule has 3 N–H and O–H groups in total. The van der Waals surface area contributed by atoms with Gasteiger partial charge in [0.25, 0.3) is 5.91 Å². The minimum Gasteiger partial charge on any atom is -0.490 e. The number of fused-ring (bicyclic) bond motifs is 1. The van der Waals surface area contributed by atoms with Crippen LogP contribution in [0.5, 0.6) is 5.75 Å². The van der Waals surface area contributed by atoms with Crippen molar-refractivity contribution < 1.29 is 45.8 Å². The fraction of sp³-hybridized carbons (Fsp3) is 0.444. The number of alkyl halides is 3. The van der Waals surface area contributed by atoms with Gasteiger partial charge >= 0.3 is 12.2 Å². The molecule has 0 bridgehead atoms. The number of ether oxygens (including phenoxy) is 2. The van der Waals surface area contributed by atoms with Crippen LogP contribution in [0.15, 0.2) is 77.7 Å². The zero-order valence-electron chi connectivity index (χ0n) is 29.0. The van der Waals surface area contributed by atoms with E-state index in [2.05, 4.69) is 10.6 Å². The highest BCUT2D eigenvalue weighted by atomic mass is 32.2. The number of benzene rings is 3. The van der Waals surface area contributed by atoms with E-state index in [0.717, 1.165) is 30.7 Å². The van der Waals surface area contributed by atoms with Gasteiger partial charge < -0.3 is 30.1 Å². The fourth-order valence-electron chi connectivity index (χ4n) is 5.62. The van der Waals surface area contributed by atoms with Crippen LogP contribution in [0.4, 0.5) is 29.3 Å². The van der Waals surface area contributed by atoms with Gasteiger partial charge in [0.2, 0.25) is 10.0 Å². The first-order valence-electron chi connectivity index (χ1n) is 16.7. The molecule has 1 aliphatic heterocycles. The van der Waals surface area contributed by atoms with E-state index in [9.17, 15) is 36.3 Å². The second-order valence-corrected chi connectivity index (χ2v) is 14.8. The van der Waals surface area contributed by atoms with E-state index < -0.39 is 51.8 Å². The molecule has 0 spiro atoms. The molecule has 0 unspecified atom stereocenters. The van der Waals surface area contributed by atoms with Crippen LogP contribution in [0, 0.1) is 5.92 Å². The van der Waals surface area contributed by atoms with Crippen molar-refractivity contribution in [2.24, 2.45) is 5.92 Å². The Labute approximate surface area is 296 Å². The molecule has 4 atom stereocenters. The number of aliphatic hydroxyl groups is 1. The number of anilines is 2. The lowest BCUT2D eigenvalue weighted by Gasteiger charge is -2.35. The molecule has 51 heavy (non-hydrogen) atoms. The molecule has 15 heteroatoms. The Balaban J connectivity index is 1.60. The van der Waals surface area contributed by atoms with Crippen molar-refractivity contribution in [3.8, 4) is 5.75 Å². The smallest absolute Gasteiger partial charge is 0.416 e. The lowest BCUT2D eigenvalue weighted by molar-refractivity contribution is -0.137. The first-order chi connectivity index (χ1) is 24.1. The molecule has 278 valence electrons. The van der Waals surface area contributed by atoms with Crippen LogP contribution in [0.25, 0.3) is 0 Å². The van der Waals surface area contributed by atoms with Crippen molar-refractivity contribution in [3.05, 3.63) is 83.9 Å². The number of urea groups is 1. The molecule has 1 heterocycles. The van der Waals surface area contributed by atoms with Crippen molar-refractivity contribution in [2.45, 2.75) is 69.4 Å². The van der Waals surface area contributed by atoms with Gasteiger partial charge in [-0.05, 0) is 87.7 Å². The molecule has 0 saturated heterocycles. The van der Waals surface area contributed by atoms with Crippen LogP contribution in [0.3, 0.4) is 0 Å². The third-order valence-corrected chi connectivity index (χ3v) is 10.5. The average molecular weight is 735 g/mol. The summed E-state index contributed by atoms with van der Waals surface area (Å²) in [6.45, 7) is 5.51. The van der Waals surface area contributed by atoms with E-state index in [1.54, 1.807) is 37.3 Å². The Morgan fingerprint density at radius 3 is 2.31 bits per heavy atom. The maximum absolute atomic E-state index is 14.3. The number of carbonyl (C=O) groups excluding carboxylic acids is 2. The van der Waals surface area contributed by atoms with Gasteiger partial charge in [-0.25, -0.2) is 13.2 Å². The van der Waals surface area contributed by atoms with Crippen molar-refractivity contribution in [1.82, 2.24) is 9.21 Å². The van der Waals surface area contributed by atoms with Crippen LogP contribution < -0.4 is 15.4 Å². The van der Waals surface area contributed by atoms with E-state index in [-0.39, 0.29) is 53.4 Å². The third kappa shape index (κ3) is 10.7. The minimum atomic E-state index is -4.52. The summed E-state index contributed by atoms with van der Waals surface area (Å²) in [5, 5.41) is 15.3. The number of aliphatic hydroxyl groups excluding tert-OH is 1. The molecule has 11 nitrogen and oxygen atoms in total. The summed E-state index contributed by atoms with van der Waals surface area (Å²) in [5.74, 6) is -0.626. The molecule has 3 amide bonds. The summed E-state index contributed by atoms with van der Waals surface area (Å²) >= 11 is 0. The number of likely N-dealkylation sites (N-methyl/N-ethyl adjacent to an activating group) is 1. The van der Waals surface area contributed by atoms with Crippen LogP contribution in [-0.2, 0) is 20.9 Å². The van der Waals surface area contributed by atoms with Crippen molar-refractivity contribution in [1.29, 1.82) is 0 Å². The molecule has 3 aromatic carbocycles. The van der Waals surface area contributed by atoms with Crippen LogP contribution >= 0.6 is 0 Å². The summed E-state index contributed by atoms with van der Waals surface area (Å²) in [5.41, 5.74) is -0.407. The van der Waals surface area contributed by atoms with Gasteiger partial charge in [-0.15, -0.1) is 0 Å². The summed E-state index contributed by atoms with van der Waals surface area (Å²) in [7, 11) is -2.34. The number of carbonyl (C=O) groups is 2. The monoisotopic (exact) mass is 734 g/mol. The number of hydrogen-bond donors (Lipinski definition) is 3. The molecule has 0 fully saturated rings. The molecule has 0 aliphatic carbocycles. The quantitative estimate of drug-likeness (QED) is 0.242. The van der Waals surface area contributed by atoms with Crippen LogP contribution in [0.2, 0.25) is 0 Å². The van der Waals surface area contributed by atoms with E-state index >= 15 is 0 Å². The minimum absolute atomic E-state index is 0.0200. The lowest BCUT2D eigenvalue weighted by Crippen LogP contribution is -2.48. The van der Waals surface area contributed by atoms with Crippen LogP contribution in [-0.4, -0.2) is 86.3 Å². The van der Waals surface area contributed by atoms with E-state index in [1.165, 1.54) is 34.5 Å². The van der Waals surface area contributed by atoms with Crippen molar-refractivity contribution >= 4 is 33.3 Å². The van der Waals surface area contributed by atoms with Gasteiger partial charge in [-0.1, -0.05) is 25.1 Å². The molecular weight excluding hydrogens is 689 g/mol. The number of hydrogen-bond acceptors (Lipinski definition) is 7. The maximum Gasteiger partial charge on any atom is 0.416 e. The molecule has 0 radical (unpaired) electrons. The SMILES string of the molecule is C[C@H](CO)N1C[C@H](C)[C@H](CN(C)S(=O)(=O)c2ccccc2)OCCCC[C@H](C)Oc2ccc(NC(=O)Nc3ccc(C(F)(F)F)cc3)cc2C1=O. The average Bonchev–Trinajstić information content (AvgIpc) is 3.09. The Bertz CT molecular complexity index is 1730. The number of sulfonamides is 1. The van der Waals surface area contributed by atoms with Crippen LogP contribution in [0.1, 0.15) is 56.0 Å². The molecule has 3 aromatic rings.